The van der Waals surface area contributed by atoms with Crippen molar-refractivity contribution in [1.82, 2.24) is 4.31 Å². The molecule has 2 aromatic rings. The van der Waals surface area contributed by atoms with Crippen LogP contribution in [0.15, 0.2) is 41.3 Å². The molecular formula is C21H20F6N2O3S. The Morgan fingerprint density at radius 1 is 0.939 bits per heavy atom. The van der Waals surface area contributed by atoms with Gasteiger partial charge in [0.2, 0.25) is 10.0 Å². The smallest absolute Gasteiger partial charge is 0.308 e. The number of carbonyl (C=O) groups excluding carboxylic acids is 1. The minimum absolute atomic E-state index is 0.00215. The molecule has 33 heavy (non-hydrogen) atoms. The van der Waals surface area contributed by atoms with E-state index >= 15 is 0 Å². The average Bonchev–Trinajstić information content (AvgIpc) is 3.15. The van der Waals surface area contributed by atoms with Crippen molar-refractivity contribution in [2.45, 2.75) is 37.5 Å². The number of nitrogens with zero attached hydrogens (tertiary/aromatic N) is 2. The number of fused-ring (bicyclic) bond motifs is 1. The molecule has 1 aliphatic rings. The fourth-order valence-electron chi connectivity index (χ4n) is 3.70. The highest BCUT2D eigenvalue weighted by Gasteiger charge is 2.38. The van der Waals surface area contributed by atoms with Crippen molar-refractivity contribution in [3.05, 3.63) is 58.7 Å². The number of anilines is 1. The van der Waals surface area contributed by atoms with Crippen molar-refractivity contribution in [3.63, 3.8) is 0 Å². The highest BCUT2D eigenvalue weighted by atomic mass is 32.2. The van der Waals surface area contributed by atoms with Gasteiger partial charge < -0.3 is 4.90 Å². The van der Waals surface area contributed by atoms with Crippen molar-refractivity contribution in [3.8, 4) is 0 Å². The Morgan fingerprint density at radius 2 is 1.48 bits per heavy atom. The first-order valence-electron chi connectivity index (χ1n) is 9.94. The van der Waals surface area contributed by atoms with Crippen LogP contribution >= 0.6 is 0 Å². The monoisotopic (exact) mass is 494 g/mol. The average molecular weight is 494 g/mol. The fraction of sp³-hybridized carbons (Fsp3) is 0.381. The maximum atomic E-state index is 13.1. The lowest BCUT2D eigenvalue weighted by Gasteiger charge is -2.21. The van der Waals surface area contributed by atoms with Crippen LogP contribution in [0.3, 0.4) is 0 Å². The second-order valence-electron chi connectivity index (χ2n) is 7.38. The van der Waals surface area contributed by atoms with E-state index in [4.69, 9.17) is 0 Å². The summed E-state index contributed by atoms with van der Waals surface area (Å²) >= 11 is 0. The molecule has 2 aromatic carbocycles. The van der Waals surface area contributed by atoms with Gasteiger partial charge in [-0.05, 0) is 48.4 Å². The lowest BCUT2D eigenvalue weighted by molar-refractivity contribution is -0.143. The predicted octanol–water partition coefficient (Wildman–Crippen LogP) is 4.96. The number of halogens is 6. The van der Waals surface area contributed by atoms with Crippen LogP contribution in [0.2, 0.25) is 0 Å². The molecule has 0 saturated heterocycles. The van der Waals surface area contributed by atoms with Crippen molar-refractivity contribution in [2.75, 3.05) is 24.5 Å². The third-order valence-corrected chi connectivity index (χ3v) is 7.42. The summed E-state index contributed by atoms with van der Waals surface area (Å²) in [5, 5.41) is 0. The molecule has 0 aromatic heterocycles. The first-order chi connectivity index (χ1) is 15.2. The lowest BCUT2D eigenvalue weighted by Crippen LogP contribution is -2.31. The molecule has 180 valence electrons. The summed E-state index contributed by atoms with van der Waals surface area (Å²) in [5.41, 5.74) is -3.23. The van der Waals surface area contributed by atoms with Gasteiger partial charge in [0, 0.05) is 30.9 Å². The molecule has 0 fully saturated rings. The molecule has 3 rings (SSSR count). The van der Waals surface area contributed by atoms with Crippen molar-refractivity contribution in [1.29, 1.82) is 0 Å². The van der Waals surface area contributed by atoms with Gasteiger partial charge in [-0.2, -0.15) is 30.6 Å². The summed E-state index contributed by atoms with van der Waals surface area (Å²) in [5.74, 6) is -1.04. The third kappa shape index (κ3) is 4.86. The van der Waals surface area contributed by atoms with Gasteiger partial charge in [-0.25, -0.2) is 8.42 Å². The minimum atomic E-state index is -5.08. The lowest BCUT2D eigenvalue weighted by atomic mass is 10.0. The minimum Gasteiger partial charge on any atom is -0.308 e. The van der Waals surface area contributed by atoms with Crippen molar-refractivity contribution < 1.29 is 39.6 Å². The summed E-state index contributed by atoms with van der Waals surface area (Å²) in [6.45, 7) is 3.84. The zero-order valence-corrected chi connectivity index (χ0v) is 18.4. The number of hydrogen-bond donors (Lipinski definition) is 0. The molecular weight excluding hydrogens is 474 g/mol. The SMILES string of the molecule is CCN(CC)S(=O)(=O)c1ccc2c(c1)CCN2C(=O)c1cc(C(F)(F)F)cc(C(F)(F)F)c1. The van der Waals surface area contributed by atoms with E-state index in [2.05, 4.69) is 0 Å². The topological polar surface area (TPSA) is 57.7 Å². The molecule has 0 aliphatic carbocycles. The summed E-state index contributed by atoms with van der Waals surface area (Å²) < 4.78 is 106. The first kappa shape index (κ1) is 25.0. The van der Waals surface area contributed by atoms with Crippen LogP contribution in [0.25, 0.3) is 0 Å². The zero-order valence-electron chi connectivity index (χ0n) is 17.6. The second-order valence-corrected chi connectivity index (χ2v) is 9.32. The summed E-state index contributed by atoms with van der Waals surface area (Å²) in [6.07, 6.45) is -9.95. The van der Waals surface area contributed by atoms with Crippen LogP contribution < -0.4 is 4.90 Å². The molecule has 0 N–H and O–H groups in total. The van der Waals surface area contributed by atoms with Gasteiger partial charge in [0.05, 0.1) is 16.0 Å². The zero-order chi connectivity index (χ0) is 24.8. The van der Waals surface area contributed by atoms with E-state index in [9.17, 15) is 39.6 Å². The predicted molar refractivity (Wildman–Crippen MR) is 108 cm³/mol. The quantitative estimate of drug-likeness (QED) is 0.553. The molecule has 1 aliphatic heterocycles. The Kier molecular flexibility index (Phi) is 6.55. The number of alkyl halides is 6. The molecule has 0 saturated carbocycles. The van der Waals surface area contributed by atoms with Gasteiger partial charge >= 0.3 is 12.4 Å². The second kappa shape index (κ2) is 8.64. The molecule has 5 nitrogen and oxygen atoms in total. The van der Waals surface area contributed by atoms with E-state index in [1.807, 2.05) is 0 Å². The van der Waals surface area contributed by atoms with Crippen LogP contribution in [0.5, 0.6) is 0 Å². The Balaban J connectivity index is 2.01. The van der Waals surface area contributed by atoms with Gasteiger partial charge in [0.15, 0.2) is 0 Å². The van der Waals surface area contributed by atoms with E-state index in [0.29, 0.717) is 17.7 Å². The van der Waals surface area contributed by atoms with E-state index in [1.165, 1.54) is 22.5 Å². The highest BCUT2D eigenvalue weighted by molar-refractivity contribution is 7.89. The number of benzene rings is 2. The molecule has 0 unspecified atom stereocenters. The normalized spacial score (nSPS) is 14.6. The summed E-state index contributed by atoms with van der Waals surface area (Å²) in [6, 6.07) is 4.71. The Hall–Kier alpha value is -2.60. The summed E-state index contributed by atoms with van der Waals surface area (Å²) in [4.78, 5) is 14.0. The van der Waals surface area contributed by atoms with Crippen LogP contribution in [0, 0.1) is 0 Å². The fourth-order valence-corrected chi connectivity index (χ4v) is 5.21. The summed E-state index contributed by atoms with van der Waals surface area (Å²) in [7, 11) is -3.78. The van der Waals surface area contributed by atoms with Crippen molar-refractivity contribution >= 4 is 21.6 Å². The third-order valence-electron chi connectivity index (χ3n) is 5.37. The van der Waals surface area contributed by atoms with E-state index in [1.54, 1.807) is 13.8 Å². The van der Waals surface area contributed by atoms with Crippen LogP contribution in [-0.2, 0) is 28.8 Å². The number of sulfonamides is 1. The molecule has 0 atom stereocenters. The Labute approximate surface area is 186 Å². The van der Waals surface area contributed by atoms with Gasteiger partial charge in [0.1, 0.15) is 0 Å². The van der Waals surface area contributed by atoms with Gasteiger partial charge in [-0.15, -0.1) is 0 Å². The molecule has 0 bridgehead atoms. The van der Waals surface area contributed by atoms with E-state index < -0.39 is 45.0 Å². The first-order valence-corrected chi connectivity index (χ1v) is 11.4. The van der Waals surface area contributed by atoms with Crippen LogP contribution in [0.4, 0.5) is 32.0 Å². The molecule has 0 spiro atoms. The van der Waals surface area contributed by atoms with Gasteiger partial charge in [0.25, 0.3) is 5.91 Å². The Morgan fingerprint density at radius 3 is 1.97 bits per heavy atom. The molecule has 1 heterocycles. The van der Waals surface area contributed by atoms with E-state index in [-0.39, 0.29) is 42.7 Å². The van der Waals surface area contributed by atoms with E-state index in [0.717, 1.165) is 4.90 Å². The van der Waals surface area contributed by atoms with Gasteiger partial charge in [-0.3, -0.25) is 4.79 Å². The number of hydrogen-bond acceptors (Lipinski definition) is 3. The van der Waals surface area contributed by atoms with Crippen molar-refractivity contribution in [2.24, 2.45) is 0 Å². The number of rotatable bonds is 5. The largest absolute Gasteiger partial charge is 0.416 e. The highest BCUT2D eigenvalue weighted by Crippen LogP contribution is 2.38. The molecule has 12 heteroatoms. The van der Waals surface area contributed by atoms with Gasteiger partial charge in [-0.1, -0.05) is 13.8 Å². The Bertz CT molecular complexity index is 1140. The standard InChI is InChI=1S/C21H20F6N2O3S/c1-3-28(4-2)33(31,32)17-5-6-18-13(11-17)7-8-29(18)19(30)14-9-15(20(22,23)24)12-16(10-14)21(25,26)27/h5-6,9-12H,3-4,7-8H2,1-2H3. The van der Waals surface area contributed by atoms with Crippen LogP contribution in [-0.4, -0.2) is 38.3 Å². The number of carbonyl (C=O) groups is 1. The molecule has 0 radical (unpaired) electrons. The maximum absolute atomic E-state index is 13.1. The number of amides is 1. The molecule has 1 amide bonds. The maximum Gasteiger partial charge on any atom is 0.416 e. The van der Waals surface area contributed by atoms with Crippen LogP contribution in [0.1, 0.15) is 40.9 Å².